The highest BCUT2D eigenvalue weighted by molar-refractivity contribution is 9.09. The maximum atomic E-state index is 11.9. The molecule has 0 N–H and O–H groups in total. The molecule has 1 aliphatic rings. The summed E-state index contributed by atoms with van der Waals surface area (Å²) >= 11 is 3.56. The first kappa shape index (κ1) is 16.7. The second-order valence-electron chi connectivity index (χ2n) is 5.66. The fourth-order valence-corrected chi connectivity index (χ4v) is 2.47. The quantitative estimate of drug-likeness (QED) is 0.571. The first-order chi connectivity index (χ1) is 8.83. The van der Waals surface area contributed by atoms with Gasteiger partial charge in [0.05, 0.1) is 17.5 Å². The molecule has 6 heteroatoms. The van der Waals surface area contributed by atoms with Gasteiger partial charge in [0, 0.05) is 26.9 Å². The molecule has 0 aromatic carbocycles. The average Bonchev–Trinajstić information content (AvgIpc) is 2.64. The number of rotatable bonds is 5. The lowest BCUT2D eigenvalue weighted by molar-refractivity contribution is 0.0191. The molecular weight excluding hydrogens is 314 g/mol. The van der Waals surface area contributed by atoms with Crippen molar-refractivity contribution in [3.63, 3.8) is 0 Å². The first-order valence-corrected chi connectivity index (χ1v) is 7.47. The van der Waals surface area contributed by atoms with Crippen molar-refractivity contribution in [1.82, 2.24) is 4.90 Å². The van der Waals surface area contributed by atoms with Crippen molar-refractivity contribution in [2.45, 2.75) is 43.7 Å². The molecule has 1 saturated heterocycles. The Morgan fingerprint density at radius 1 is 1.32 bits per heavy atom. The smallest absolute Gasteiger partial charge is 0.410 e. The Kier molecular flexibility index (Phi) is 6.56. The van der Waals surface area contributed by atoms with Gasteiger partial charge < -0.3 is 19.1 Å². The number of amides is 1. The van der Waals surface area contributed by atoms with Crippen LogP contribution in [0.4, 0.5) is 4.79 Å². The van der Waals surface area contributed by atoms with Crippen LogP contribution >= 0.6 is 15.9 Å². The molecule has 0 aromatic heterocycles. The van der Waals surface area contributed by atoms with E-state index >= 15 is 0 Å². The van der Waals surface area contributed by atoms with E-state index in [4.69, 9.17) is 14.2 Å². The summed E-state index contributed by atoms with van der Waals surface area (Å²) in [5.41, 5.74) is -0.462. The summed E-state index contributed by atoms with van der Waals surface area (Å²) in [6.07, 6.45) is 0.600. The van der Waals surface area contributed by atoms with Crippen LogP contribution in [0.15, 0.2) is 0 Å². The molecule has 0 bridgehead atoms. The van der Waals surface area contributed by atoms with Crippen molar-refractivity contribution < 1.29 is 19.0 Å². The van der Waals surface area contributed by atoms with Gasteiger partial charge in [0.25, 0.3) is 0 Å². The lowest BCUT2D eigenvalue weighted by Gasteiger charge is -2.24. The van der Waals surface area contributed by atoms with Gasteiger partial charge in [0.1, 0.15) is 5.60 Å². The number of carbonyl (C=O) groups is 1. The fraction of sp³-hybridized carbons (Fsp3) is 0.923. The summed E-state index contributed by atoms with van der Waals surface area (Å²) in [6.45, 7) is 8.11. The maximum absolute atomic E-state index is 11.9. The summed E-state index contributed by atoms with van der Waals surface area (Å²) in [5.74, 6) is 0. The van der Waals surface area contributed by atoms with Crippen molar-refractivity contribution in [3.8, 4) is 0 Å². The lowest BCUT2D eigenvalue weighted by Crippen LogP contribution is -2.36. The highest BCUT2D eigenvalue weighted by Crippen LogP contribution is 2.22. The molecule has 1 rings (SSSR count). The molecule has 1 fully saturated rings. The van der Waals surface area contributed by atoms with Crippen LogP contribution in [0.3, 0.4) is 0 Å². The van der Waals surface area contributed by atoms with Crippen LogP contribution < -0.4 is 0 Å². The number of alkyl halides is 1. The minimum absolute atomic E-state index is 0.0179. The number of halogens is 1. The molecule has 19 heavy (non-hydrogen) atoms. The lowest BCUT2D eigenvalue weighted by atomic mass is 10.2. The van der Waals surface area contributed by atoms with Crippen LogP contribution in [0, 0.1) is 0 Å². The Labute approximate surface area is 123 Å². The van der Waals surface area contributed by atoms with Crippen LogP contribution in [-0.2, 0) is 14.2 Å². The van der Waals surface area contributed by atoms with E-state index < -0.39 is 5.60 Å². The monoisotopic (exact) mass is 337 g/mol. The highest BCUT2D eigenvalue weighted by Gasteiger charge is 2.36. The molecular formula is C13H24BrNO4. The molecule has 112 valence electrons. The van der Waals surface area contributed by atoms with E-state index in [1.54, 1.807) is 12.0 Å². The number of nitrogens with zero attached hydrogens (tertiary/aromatic N) is 1. The molecule has 2 atom stereocenters. The molecule has 0 radical (unpaired) electrons. The maximum Gasteiger partial charge on any atom is 0.410 e. The van der Waals surface area contributed by atoms with E-state index in [1.807, 2.05) is 20.8 Å². The fourth-order valence-electron chi connectivity index (χ4n) is 1.80. The van der Waals surface area contributed by atoms with Gasteiger partial charge in [-0.2, -0.15) is 0 Å². The average molecular weight is 338 g/mol. The van der Waals surface area contributed by atoms with Crippen LogP contribution in [0.1, 0.15) is 27.2 Å². The number of hydrogen-bond acceptors (Lipinski definition) is 4. The predicted octanol–water partition coefficient (Wildman–Crippen LogP) is 2.42. The second-order valence-corrected chi connectivity index (χ2v) is 6.83. The largest absolute Gasteiger partial charge is 0.444 e. The van der Waals surface area contributed by atoms with E-state index in [2.05, 4.69) is 15.9 Å². The van der Waals surface area contributed by atoms with E-state index in [-0.39, 0.29) is 17.0 Å². The van der Waals surface area contributed by atoms with Gasteiger partial charge in [-0.3, -0.25) is 0 Å². The normalized spacial score (nSPS) is 23.7. The third-order valence-electron chi connectivity index (χ3n) is 2.67. The third kappa shape index (κ3) is 6.10. The molecule has 1 aliphatic heterocycles. The molecule has 1 heterocycles. The Morgan fingerprint density at radius 3 is 2.58 bits per heavy atom. The number of likely N-dealkylation sites (tertiary alicyclic amines) is 1. The van der Waals surface area contributed by atoms with Crippen molar-refractivity contribution in [3.05, 3.63) is 0 Å². The SMILES string of the molecule is COCCCOC1CN(C(=O)OC(C)(C)C)CC1Br. The minimum Gasteiger partial charge on any atom is -0.444 e. The summed E-state index contributed by atoms with van der Waals surface area (Å²) in [5, 5.41) is 0. The Bertz CT molecular complexity index is 293. The van der Waals surface area contributed by atoms with E-state index in [0.29, 0.717) is 26.3 Å². The summed E-state index contributed by atoms with van der Waals surface area (Å²) in [7, 11) is 1.67. The van der Waals surface area contributed by atoms with Gasteiger partial charge in [-0.25, -0.2) is 4.79 Å². The zero-order chi connectivity index (χ0) is 14.5. The molecule has 5 nitrogen and oxygen atoms in total. The van der Waals surface area contributed by atoms with Crippen molar-refractivity contribution in [2.24, 2.45) is 0 Å². The van der Waals surface area contributed by atoms with Gasteiger partial charge in [-0.1, -0.05) is 15.9 Å². The van der Waals surface area contributed by atoms with Gasteiger partial charge in [-0.15, -0.1) is 0 Å². The molecule has 0 aromatic rings. The van der Waals surface area contributed by atoms with Crippen molar-refractivity contribution in [1.29, 1.82) is 0 Å². The standard InChI is InChI=1S/C13H24BrNO4/c1-13(2,3)19-12(16)15-8-10(14)11(9-15)18-7-5-6-17-4/h10-11H,5-9H2,1-4H3. The summed E-state index contributed by atoms with van der Waals surface area (Å²) in [4.78, 5) is 13.8. The van der Waals surface area contributed by atoms with Gasteiger partial charge >= 0.3 is 6.09 Å². The number of carbonyl (C=O) groups excluding carboxylic acids is 1. The van der Waals surface area contributed by atoms with Crippen LogP contribution in [-0.4, -0.2) is 60.9 Å². The van der Waals surface area contributed by atoms with E-state index in [9.17, 15) is 4.79 Å². The zero-order valence-corrected chi connectivity index (χ0v) is 13.7. The molecule has 0 saturated carbocycles. The molecule has 2 unspecified atom stereocenters. The molecule has 0 aliphatic carbocycles. The van der Waals surface area contributed by atoms with Crippen molar-refractivity contribution in [2.75, 3.05) is 33.4 Å². The predicted molar refractivity (Wildman–Crippen MR) is 76.8 cm³/mol. The summed E-state index contributed by atoms with van der Waals surface area (Å²) < 4.78 is 16.1. The Balaban J connectivity index is 2.35. The summed E-state index contributed by atoms with van der Waals surface area (Å²) in [6, 6.07) is 0. The zero-order valence-electron chi connectivity index (χ0n) is 12.1. The van der Waals surface area contributed by atoms with Gasteiger partial charge in [0.2, 0.25) is 0 Å². The highest BCUT2D eigenvalue weighted by atomic mass is 79.9. The number of methoxy groups -OCH3 is 1. The number of hydrogen-bond donors (Lipinski definition) is 0. The van der Waals surface area contributed by atoms with Crippen LogP contribution in [0.25, 0.3) is 0 Å². The van der Waals surface area contributed by atoms with E-state index in [0.717, 1.165) is 6.42 Å². The molecule has 0 spiro atoms. The van der Waals surface area contributed by atoms with Crippen LogP contribution in [0.5, 0.6) is 0 Å². The Morgan fingerprint density at radius 2 is 2.00 bits per heavy atom. The van der Waals surface area contributed by atoms with Gasteiger partial charge in [0.15, 0.2) is 0 Å². The van der Waals surface area contributed by atoms with E-state index in [1.165, 1.54) is 0 Å². The van der Waals surface area contributed by atoms with Gasteiger partial charge in [-0.05, 0) is 27.2 Å². The Hall–Kier alpha value is -0.330. The molecule has 1 amide bonds. The first-order valence-electron chi connectivity index (χ1n) is 6.56. The van der Waals surface area contributed by atoms with Crippen molar-refractivity contribution >= 4 is 22.0 Å². The van der Waals surface area contributed by atoms with Crippen LogP contribution in [0.2, 0.25) is 0 Å². The topological polar surface area (TPSA) is 48.0 Å². The minimum atomic E-state index is -0.462. The third-order valence-corrected chi connectivity index (χ3v) is 3.55. The number of ether oxygens (including phenoxy) is 3. The second kappa shape index (κ2) is 7.45.